The van der Waals surface area contributed by atoms with E-state index in [4.69, 9.17) is 15.3 Å². The average Bonchev–Trinajstić information content (AvgIpc) is 2.75. The lowest BCUT2D eigenvalue weighted by atomic mass is 10.1. The number of nitrogens with zero attached hydrogens (tertiary/aromatic N) is 2. The third-order valence-electron chi connectivity index (χ3n) is 4.45. The first-order chi connectivity index (χ1) is 15.0. The monoisotopic (exact) mass is 434 g/mol. The van der Waals surface area contributed by atoms with E-state index in [1.807, 2.05) is 24.3 Å². The van der Waals surface area contributed by atoms with E-state index < -0.39 is 12.5 Å². The summed E-state index contributed by atoms with van der Waals surface area (Å²) in [4.78, 5) is 19.3. The number of hydrogen-bond donors (Lipinski definition) is 2. The Bertz CT molecular complexity index is 887. The molecule has 31 heavy (non-hydrogen) atoms. The average molecular weight is 434 g/mol. The number of nitrogens with one attached hydrogen (secondary N) is 1. The van der Waals surface area contributed by atoms with Crippen LogP contribution in [0.3, 0.4) is 0 Å². The molecule has 1 fully saturated rings. The fourth-order valence-corrected chi connectivity index (χ4v) is 2.98. The van der Waals surface area contributed by atoms with Gasteiger partial charge in [-0.1, -0.05) is 23.4 Å². The molecule has 1 amide bonds. The van der Waals surface area contributed by atoms with Crippen LogP contribution in [-0.4, -0.2) is 56.2 Å². The minimum Gasteiger partial charge on any atom is -0.435 e. The molecule has 10 heteroatoms. The highest BCUT2D eigenvalue weighted by Gasteiger charge is 2.11. The van der Waals surface area contributed by atoms with Crippen molar-refractivity contribution in [2.45, 2.75) is 13.2 Å². The molecular formula is C21H24F2N4O4. The molecule has 1 aliphatic rings. The van der Waals surface area contributed by atoms with E-state index in [0.717, 1.165) is 38.4 Å². The number of amidine groups is 1. The largest absolute Gasteiger partial charge is 0.435 e. The molecule has 1 aliphatic heterocycles. The van der Waals surface area contributed by atoms with Crippen molar-refractivity contribution in [3.8, 4) is 5.75 Å². The van der Waals surface area contributed by atoms with Crippen LogP contribution in [0.5, 0.6) is 5.75 Å². The van der Waals surface area contributed by atoms with Gasteiger partial charge in [0.1, 0.15) is 5.75 Å². The summed E-state index contributed by atoms with van der Waals surface area (Å²) in [5.41, 5.74) is 8.17. The topological polar surface area (TPSA) is 98.4 Å². The molecule has 0 unspecified atom stereocenters. The Morgan fingerprint density at radius 3 is 2.65 bits per heavy atom. The van der Waals surface area contributed by atoms with Gasteiger partial charge in [0, 0.05) is 30.9 Å². The lowest BCUT2D eigenvalue weighted by Crippen LogP contribution is -2.35. The minimum absolute atomic E-state index is 0.00234. The number of benzene rings is 2. The van der Waals surface area contributed by atoms with Crippen molar-refractivity contribution in [3.05, 3.63) is 59.7 Å². The van der Waals surface area contributed by atoms with E-state index in [9.17, 15) is 13.6 Å². The molecule has 0 bridgehead atoms. The van der Waals surface area contributed by atoms with E-state index in [1.165, 1.54) is 24.3 Å². The highest BCUT2D eigenvalue weighted by molar-refractivity contribution is 5.97. The van der Waals surface area contributed by atoms with Crippen molar-refractivity contribution in [2.24, 2.45) is 10.9 Å². The molecule has 1 heterocycles. The quantitative estimate of drug-likeness (QED) is 0.357. The summed E-state index contributed by atoms with van der Waals surface area (Å²) in [7, 11) is 0. The second-order valence-corrected chi connectivity index (χ2v) is 6.79. The molecule has 8 nitrogen and oxygen atoms in total. The van der Waals surface area contributed by atoms with E-state index in [-0.39, 0.29) is 18.2 Å². The predicted octanol–water partition coefficient (Wildman–Crippen LogP) is 2.40. The molecule has 0 aromatic heterocycles. The van der Waals surface area contributed by atoms with Gasteiger partial charge in [-0.3, -0.25) is 9.69 Å². The number of anilines is 1. The van der Waals surface area contributed by atoms with Crippen LogP contribution in [0, 0.1) is 0 Å². The number of rotatable bonds is 9. The Balaban J connectivity index is 1.47. The molecule has 2 aromatic rings. The van der Waals surface area contributed by atoms with E-state index in [0.29, 0.717) is 11.3 Å². The van der Waals surface area contributed by atoms with Gasteiger partial charge in [-0.15, -0.1) is 0 Å². The van der Waals surface area contributed by atoms with Gasteiger partial charge in [0.2, 0.25) is 0 Å². The number of ether oxygens (including phenoxy) is 2. The first-order valence-corrected chi connectivity index (χ1v) is 9.69. The number of nitrogens with two attached hydrogens (primary N) is 1. The number of alkyl halides is 2. The van der Waals surface area contributed by atoms with E-state index >= 15 is 0 Å². The fraction of sp³-hybridized carbons (Fsp3) is 0.333. The van der Waals surface area contributed by atoms with Crippen LogP contribution < -0.4 is 15.8 Å². The van der Waals surface area contributed by atoms with Crippen LogP contribution >= 0.6 is 0 Å². The zero-order valence-corrected chi connectivity index (χ0v) is 16.8. The summed E-state index contributed by atoms with van der Waals surface area (Å²) in [5, 5.41) is 6.37. The Morgan fingerprint density at radius 2 is 1.94 bits per heavy atom. The predicted molar refractivity (Wildman–Crippen MR) is 111 cm³/mol. The minimum atomic E-state index is -2.91. The Hall–Kier alpha value is -3.24. The van der Waals surface area contributed by atoms with Crippen LogP contribution in [0.4, 0.5) is 14.5 Å². The maximum atomic E-state index is 12.1. The molecule has 0 saturated carbocycles. The molecule has 3 rings (SSSR count). The normalized spacial score (nSPS) is 15.0. The number of amides is 1. The Labute approximate surface area is 178 Å². The maximum Gasteiger partial charge on any atom is 0.387 e. The Kier molecular flexibility index (Phi) is 8.13. The molecule has 166 valence electrons. The molecular weight excluding hydrogens is 410 g/mol. The fourth-order valence-electron chi connectivity index (χ4n) is 2.98. The number of carbonyl (C=O) groups excluding carboxylic acids is 1. The molecule has 0 radical (unpaired) electrons. The molecule has 1 saturated heterocycles. The number of halogens is 2. The lowest BCUT2D eigenvalue weighted by Gasteiger charge is -2.26. The van der Waals surface area contributed by atoms with Gasteiger partial charge < -0.3 is 25.4 Å². The van der Waals surface area contributed by atoms with Gasteiger partial charge >= 0.3 is 6.61 Å². The standard InChI is InChI=1S/C21H24F2N4O4/c22-21(23)31-18-6-4-17(5-7-18)25-19(28)14-30-26-20(24)16-3-1-2-15(12-16)13-27-8-10-29-11-9-27/h1-7,12,21H,8-11,13-14H2,(H2,24,26)(H,25,28). The zero-order chi connectivity index (χ0) is 22.1. The van der Waals surface area contributed by atoms with Crippen LogP contribution in [0.15, 0.2) is 53.7 Å². The lowest BCUT2D eigenvalue weighted by molar-refractivity contribution is -0.120. The van der Waals surface area contributed by atoms with Gasteiger partial charge in [-0.2, -0.15) is 8.78 Å². The summed E-state index contributed by atoms with van der Waals surface area (Å²) in [6.07, 6.45) is 0. The second kappa shape index (κ2) is 11.2. The van der Waals surface area contributed by atoms with Crippen LogP contribution in [0.25, 0.3) is 0 Å². The summed E-state index contributed by atoms with van der Waals surface area (Å²) >= 11 is 0. The van der Waals surface area contributed by atoms with Crippen molar-refractivity contribution < 1.29 is 27.9 Å². The van der Waals surface area contributed by atoms with E-state index in [2.05, 4.69) is 20.1 Å². The zero-order valence-electron chi connectivity index (χ0n) is 16.8. The third-order valence-corrected chi connectivity index (χ3v) is 4.45. The van der Waals surface area contributed by atoms with Crippen LogP contribution in [0.1, 0.15) is 11.1 Å². The molecule has 3 N–H and O–H groups in total. The molecule has 0 aliphatic carbocycles. The Morgan fingerprint density at radius 1 is 1.19 bits per heavy atom. The van der Waals surface area contributed by atoms with Crippen LogP contribution in [0.2, 0.25) is 0 Å². The van der Waals surface area contributed by atoms with Crippen molar-refractivity contribution in [1.82, 2.24) is 4.90 Å². The summed E-state index contributed by atoms with van der Waals surface area (Å²) in [6.45, 7) is 0.747. The summed E-state index contributed by atoms with van der Waals surface area (Å²) in [6, 6.07) is 13.2. The smallest absolute Gasteiger partial charge is 0.387 e. The summed E-state index contributed by atoms with van der Waals surface area (Å²) < 4.78 is 33.9. The van der Waals surface area contributed by atoms with Crippen molar-refractivity contribution in [2.75, 3.05) is 38.2 Å². The first kappa shape index (κ1) is 22.4. The van der Waals surface area contributed by atoms with E-state index in [1.54, 1.807) is 0 Å². The number of carbonyl (C=O) groups is 1. The molecule has 0 atom stereocenters. The van der Waals surface area contributed by atoms with Crippen molar-refractivity contribution >= 4 is 17.4 Å². The maximum absolute atomic E-state index is 12.1. The first-order valence-electron chi connectivity index (χ1n) is 9.69. The molecule has 0 spiro atoms. The number of hydrogen-bond acceptors (Lipinski definition) is 6. The highest BCUT2D eigenvalue weighted by atomic mass is 19.3. The van der Waals surface area contributed by atoms with Gasteiger partial charge in [-0.05, 0) is 35.9 Å². The third kappa shape index (κ3) is 7.50. The second-order valence-electron chi connectivity index (χ2n) is 6.79. The van der Waals surface area contributed by atoms with Gasteiger partial charge in [0.25, 0.3) is 5.91 Å². The molecule has 2 aromatic carbocycles. The highest BCUT2D eigenvalue weighted by Crippen LogP contribution is 2.17. The number of morpholine rings is 1. The number of oxime groups is 1. The SMILES string of the molecule is N/C(=N/OCC(=O)Nc1ccc(OC(F)F)cc1)c1cccc(CN2CCOCC2)c1. The van der Waals surface area contributed by atoms with Gasteiger partial charge in [0.15, 0.2) is 12.4 Å². The summed E-state index contributed by atoms with van der Waals surface area (Å²) in [5.74, 6) is -0.317. The van der Waals surface area contributed by atoms with Crippen molar-refractivity contribution in [3.63, 3.8) is 0 Å². The van der Waals surface area contributed by atoms with Crippen LogP contribution in [-0.2, 0) is 20.9 Å². The van der Waals surface area contributed by atoms with Crippen molar-refractivity contribution in [1.29, 1.82) is 0 Å². The van der Waals surface area contributed by atoms with Gasteiger partial charge in [-0.25, -0.2) is 0 Å². The van der Waals surface area contributed by atoms with Gasteiger partial charge in [0.05, 0.1) is 13.2 Å².